The van der Waals surface area contributed by atoms with Crippen LogP contribution in [-0.4, -0.2) is 27.1 Å². The van der Waals surface area contributed by atoms with Gasteiger partial charge in [-0.3, -0.25) is 4.98 Å². The van der Waals surface area contributed by atoms with E-state index in [2.05, 4.69) is 9.71 Å². The lowest BCUT2D eigenvalue weighted by Crippen LogP contribution is -2.25. The van der Waals surface area contributed by atoms with Gasteiger partial charge in [0.15, 0.2) is 0 Å². The van der Waals surface area contributed by atoms with Crippen molar-refractivity contribution in [3.05, 3.63) is 40.8 Å². The van der Waals surface area contributed by atoms with Crippen LogP contribution in [0.5, 0.6) is 5.75 Å². The molecule has 0 aliphatic carbocycles. The van der Waals surface area contributed by atoms with Crippen LogP contribution in [0, 0.1) is 0 Å². The third kappa shape index (κ3) is 3.76. The van der Waals surface area contributed by atoms with Gasteiger partial charge in [0.05, 0.1) is 17.5 Å². The molecule has 1 N–H and O–H groups in total. The summed E-state index contributed by atoms with van der Waals surface area (Å²) in [4.78, 5) is 5.23. The third-order valence-corrected chi connectivity index (χ3v) is 4.83. The lowest BCUT2D eigenvalue weighted by Gasteiger charge is -2.06. The molecule has 0 spiro atoms. The Balaban J connectivity index is 1.97. The summed E-state index contributed by atoms with van der Waals surface area (Å²) in [6.07, 6.45) is 2.38. The second-order valence-corrected chi connectivity index (χ2v) is 6.53. The molecule has 2 rings (SSSR count). The molecule has 1 aromatic heterocycles. The molecule has 0 saturated carbocycles. The Morgan fingerprint density at radius 3 is 2.63 bits per heavy atom. The lowest BCUT2D eigenvalue weighted by atomic mass is 10.3. The van der Waals surface area contributed by atoms with E-state index in [0.717, 1.165) is 4.88 Å². The molecule has 7 heteroatoms. The molecule has 0 aliphatic heterocycles. The first kappa shape index (κ1) is 14.0. The minimum absolute atomic E-state index is 0.234. The van der Waals surface area contributed by atoms with E-state index in [4.69, 9.17) is 4.74 Å². The first-order chi connectivity index (χ1) is 9.12. The van der Waals surface area contributed by atoms with E-state index in [9.17, 15) is 8.42 Å². The quantitative estimate of drug-likeness (QED) is 0.881. The van der Waals surface area contributed by atoms with Gasteiger partial charge in [-0.05, 0) is 30.7 Å². The number of hydrogen-bond acceptors (Lipinski definition) is 5. The number of benzene rings is 1. The maximum absolute atomic E-state index is 12.0. The number of sulfonamides is 1. The molecule has 0 bridgehead atoms. The fourth-order valence-corrected chi connectivity index (χ4v) is 3.14. The van der Waals surface area contributed by atoms with Crippen LogP contribution in [0.1, 0.15) is 4.88 Å². The average Bonchev–Trinajstić information content (AvgIpc) is 2.92. The highest BCUT2D eigenvalue weighted by atomic mass is 32.2. The van der Waals surface area contributed by atoms with E-state index in [0.29, 0.717) is 18.7 Å². The standard InChI is InChI=1S/C12H14N2O3S2/c1-17-10-2-4-12(5-3-10)19(15,16)14-7-6-11-8-13-9-18-11/h2-5,8-9,14H,6-7H2,1H3. The van der Waals surface area contributed by atoms with Crippen molar-refractivity contribution < 1.29 is 13.2 Å². The van der Waals surface area contributed by atoms with Crippen LogP contribution < -0.4 is 9.46 Å². The van der Waals surface area contributed by atoms with E-state index >= 15 is 0 Å². The average molecular weight is 298 g/mol. The first-order valence-corrected chi connectivity index (χ1v) is 7.99. The number of thiazole rings is 1. The Morgan fingerprint density at radius 1 is 1.32 bits per heavy atom. The molecule has 1 heterocycles. The van der Waals surface area contributed by atoms with Crippen LogP contribution in [0.4, 0.5) is 0 Å². The number of methoxy groups -OCH3 is 1. The summed E-state index contributed by atoms with van der Waals surface area (Å²) < 4.78 is 31.5. The van der Waals surface area contributed by atoms with Gasteiger partial charge < -0.3 is 4.74 Å². The summed E-state index contributed by atoms with van der Waals surface area (Å²) in [5.41, 5.74) is 1.73. The van der Waals surface area contributed by atoms with Gasteiger partial charge in [0.1, 0.15) is 5.75 Å². The molecule has 0 unspecified atom stereocenters. The topological polar surface area (TPSA) is 68.3 Å². The summed E-state index contributed by atoms with van der Waals surface area (Å²) in [6, 6.07) is 6.29. The second-order valence-electron chi connectivity index (χ2n) is 3.79. The maximum Gasteiger partial charge on any atom is 0.240 e. The number of aromatic nitrogens is 1. The Labute approximate surface area is 116 Å². The summed E-state index contributed by atoms with van der Waals surface area (Å²) in [6.45, 7) is 0.358. The molecule has 0 atom stereocenters. The van der Waals surface area contributed by atoms with Crippen LogP contribution >= 0.6 is 11.3 Å². The van der Waals surface area contributed by atoms with Gasteiger partial charge in [0.25, 0.3) is 0 Å². The summed E-state index contributed by atoms with van der Waals surface area (Å²) in [5, 5.41) is 0. The SMILES string of the molecule is COc1ccc(S(=O)(=O)NCCc2cncs2)cc1. The highest BCUT2D eigenvalue weighted by Gasteiger charge is 2.13. The van der Waals surface area contributed by atoms with Crippen LogP contribution in [0.3, 0.4) is 0 Å². The lowest BCUT2D eigenvalue weighted by molar-refractivity contribution is 0.414. The molecule has 102 valence electrons. The number of nitrogens with one attached hydrogen (secondary N) is 1. The summed E-state index contributed by atoms with van der Waals surface area (Å²) in [5.74, 6) is 0.628. The third-order valence-electron chi connectivity index (χ3n) is 2.52. The van der Waals surface area contributed by atoms with Crippen molar-refractivity contribution in [2.75, 3.05) is 13.7 Å². The largest absolute Gasteiger partial charge is 0.497 e. The van der Waals surface area contributed by atoms with Gasteiger partial charge >= 0.3 is 0 Å². The van der Waals surface area contributed by atoms with E-state index in [1.54, 1.807) is 23.8 Å². The molecule has 0 saturated heterocycles. The molecule has 1 aromatic carbocycles. The van der Waals surface area contributed by atoms with Gasteiger partial charge in [-0.25, -0.2) is 13.1 Å². The predicted molar refractivity (Wildman–Crippen MR) is 74.0 cm³/mol. The molecule has 0 radical (unpaired) electrons. The van der Waals surface area contributed by atoms with Gasteiger partial charge in [-0.15, -0.1) is 11.3 Å². The minimum Gasteiger partial charge on any atom is -0.497 e. The van der Waals surface area contributed by atoms with E-state index in [1.807, 2.05) is 0 Å². The highest BCUT2D eigenvalue weighted by molar-refractivity contribution is 7.89. The molecule has 0 fully saturated rings. The van der Waals surface area contributed by atoms with Crippen LogP contribution in [0.15, 0.2) is 40.9 Å². The normalized spacial score (nSPS) is 11.4. The molecule has 5 nitrogen and oxygen atoms in total. The molecule has 2 aromatic rings. The van der Waals surface area contributed by atoms with E-state index in [-0.39, 0.29) is 4.90 Å². The van der Waals surface area contributed by atoms with Crippen molar-refractivity contribution in [1.82, 2.24) is 9.71 Å². The van der Waals surface area contributed by atoms with Gasteiger partial charge in [0.2, 0.25) is 10.0 Å². The van der Waals surface area contributed by atoms with Crippen LogP contribution in [-0.2, 0) is 16.4 Å². The molecular formula is C12H14N2O3S2. The zero-order valence-electron chi connectivity index (χ0n) is 10.4. The second kappa shape index (κ2) is 6.14. The van der Waals surface area contributed by atoms with E-state index < -0.39 is 10.0 Å². The minimum atomic E-state index is -3.46. The number of ether oxygens (including phenoxy) is 1. The predicted octanol–water partition coefficient (Wildman–Crippen LogP) is 1.67. The summed E-state index contributed by atoms with van der Waals surface area (Å²) in [7, 11) is -1.92. The Bertz CT molecular complexity index is 607. The highest BCUT2D eigenvalue weighted by Crippen LogP contribution is 2.15. The van der Waals surface area contributed by atoms with E-state index in [1.165, 1.54) is 30.6 Å². The van der Waals surface area contributed by atoms with Crippen molar-refractivity contribution >= 4 is 21.4 Å². The maximum atomic E-state index is 12.0. The Hall–Kier alpha value is -1.44. The van der Waals surface area contributed by atoms with Crippen molar-refractivity contribution in [3.8, 4) is 5.75 Å². The fourth-order valence-electron chi connectivity index (χ4n) is 1.51. The molecule has 19 heavy (non-hydrogen) atoms. The van der Waals surface area contributed by atoms with Crippen molar-refractivity contribution in [1.29, 1.82) is 0 Å². The first-order valence-electron chi connectivity index (χ1n) is 5.63. The van der Waals surface area contributed by atoms with Crippen molar-refractivity contribution in [2.24, 2.45) is 0 Å². The Morgan fingerprint density at radius 2 is 2.05 bits per heavy atom. The van der Waals surface area contributed by atoms with Gasteiger partial charge in [-0.1, -0.05) is 0 Å². The molecule has 0 aliphatic rings. The number of nitrogens with zero attached hydrogens (tertiary/aromatic N) is 1. The Kier molecular flexibility index (Phi) is 4.52. The molecular weight excluding hydrogens is 284 g/mol. The number of rotatable bonds is 6. The van der Waals surface area contributed by atoms with Crippen molar-refractivity contribution in [3.63, 3.8) is 0 Å². The zero-order chi connectivity index (χ0) is 13.7. The van der Waals surface area contributed by atoms with Gasteiger partial charge in [-0.2, -0.15) is 0 Å². The smallest absolute Gasteiger partial charge is 0.240 e. The van der Waals surface area contributed by atoms with Gasteiger partial charge in [0, 0.05) is 17.6 Å². The van der Waals surface area contributed by atoms with Crippen molar-refractivity contribution in [2.45, 2.75) is 11.3 Å². The molecule has 0 amide bonds. The van der Waals surface area contributed by atoms with Crippen LogP contribution in [0.2, 0.25) is 0 Å². The summed E-state index contributed by atoms with van der Waals surface area (Å²) >= 11 is 1.51. The number of hydrogen-bond donors (Lipinski definition) is 1. The van der Waals surface area contributed by atoms with Crippen LogP contribution in [0.25, 0.3) is 0 Å². The zero-order valence-corrected chi connectivity index (χ0v) is 12.0. The fraction of sp³-hybridized carbons (Fsp3) is 0.250. The monoisotopic (exact) mass is 298 g/mol.